The third-order valence-corrected chi connectivity index (χ3v) is 6.08. The summed E-state index contributed by atoms with van der Waals surface area (Å²) >= 11 is 0. The predicted octanol–water partition coefficient (Wildman–Crippen LogP) is 3.33. The first-order valence-electron chi connectivity index (χ1n) is 9.83. The van der Waals surface area contributed by atoms with Crippen LogP contribution in [0.15, 0.2) is 24.4 Å². The van der Waals surface area contributed by atoms with Gasteiger partial charge < -0.3 is 10.6 Å². The van der Waals surface area contributed by atoms with E-state index in [1.165, 1.54) is 49.8 Å². The molecule has 0 unspecified atom stereocenters. The van der Waals surface area contributed by atoms with Crippen molar-refractivity contribution >= 4 is 5.82 Å². The van der Waals surface area contributed by atoms with E-state index in [0.29, 0.717) is 17.9 Å². The number of hydrogen-bond acceptors (Lipinski definition) is 4. The van der Waals surface area contributed by atoms with Crippen LogP contribution in [0.1, 0.15) is 56.2 Å². The van der Waals surface area contributed by atoms with Crippen LogP contribution in [0.3, 0.4) is 0 Å². The average Bonchev–Trinajstić information content (AvgIpc) is 3.12. The molecule has 1 aliphatic heterocycles. The summed E-state index contributed by atoms with van der Waals surface area (Å²) in [5.74, 6) is 2.44. The van der Waals surface area contributed by atoms with E-state index in [-0.39, 0.29) is 0 Å². The van der Waals surface area contributed by atoms with Crippen molar-refractivity contribution in [3.8, 4) is 11.3 Å². The van der Waals surface area contributed by atoms with E-state index in [2.05, 4.69) is 34.0 Å². The van der Waals surface area contributed by atoms with Crippen LogP contribution in [-0.4, -0.2) is 34.4 Å². The second-order valence-electron chi connectivity index (χ2n) is 7.98. The fourth-order valence-electron chi connectivity index (χ4n) is 4.25. The third kappa shape index (κ3) is 2.84. The molecule has 5 heteroatoms. The number of anilines is 1. The van der Waals surface area contributed by atoms with Crippen LogP contribution >= 0.6 is 0 Å². The van der Waals surface area contributed by atoms with Crippen LogP contribution in [0.4, 0.5) is 5.82 Å². The third-order valence-electron chi connectivity index (χ3n) is 6.08. The summed E-state index contributed by atoms with van der Waals surface area (Å²) in [4.78, 5) is 7.40. The van der Waals surface area contributed by atoms with Gasteiger partial charge in [0, 0.05) is 30.8 Å². The van der Waals surface area contributed by atoms with E-state index in [1.54, 1.807) is 0 Å². The summed E-state index contributed by atoms with van der Waals surface area (Å²) < 4.78 is 2.21. The van der Waals surface area contributed by atoms with Gasteiger partial charge in [0.05, 0.1) is 17.4 Å². The van der Waals surface area contributed by atoms with E-state index < -0.39 is 0 Å². The van der Waals surface area contributed by atoms with Crippen molar-refractivity contribution in [2.75, 3.05) is 24.5 Å². The molecule has 5 nitrogen and oxygen atoms in total. The lowest BCUT2D eigenvalue weighted by Crippen LogP contribution is -2.32. The molecule has 2 aliphatic carbocycles. The zero-order chi connectivity index (χ0) is 16.8. The SMILES string of the molecule is NCC1CC(n2cc(-c3cccc(N4CCCC4)n3)c(C3CC3)n2)C1. The van der Waals surface area contributed by atoms with E-state index in [4.69, 9.17) is 15.8 Å². The molecular weight excluding hydrogens is 310 g/mol. The van der Waals surface area contributed by atoms with Gasteiger partial charge in [-0.15, -0.1) is 0 Å². The predicted molar refractivity (Wildman–Crippen MR) is 99.7 cm³/mol. The van der Waals surface area contributed by atoms with Gasteiger partial charge in [-0.1, -0.05) is 6.07 Å². The maximum atomic E-state index is 5.79. The summed E-state index contributed by atoms with van der Waals surface area (Å²) in [5, 5.41) is 4.99. The Labute approximate surface area is 149 Å². The smallest absolute Gasteiger partial charge is 0.129 e. The molecule has 2 aromatic heterocycles. The van der Waals surface area contributed by atoms with Crippen molar-refractivity contribution < 1.29 is 0 Å². The van der Waals surface area contributed by atoms with Crippen LogP contribution in [-0.2, 0) is 0 Å². The molecule has 0 atom stereocenters. The van der Waals surface area contributed by atoms with Crippen molar-refractivity contribution in [1.82, 2.24) is 14.8 Å². The topological polar surface area (TPSA) is 60.0 Å². The Bertz CT molecular complexity index is 751. The van der Waals surface area contributed by atoms with Gasteiger partial charge in [0.25, 0.3) is 0 Å². The first kappa shape index (κ1) is 15.4. The lowest BCUT2D eigenvalue weighted by molar-refractivity contribution is 0.189. The van der Waals surface area contributed by atoms with Crippen LogP contribution in [0.25, 0.3) is 11.3 Å². The molecule has 2 saturated carbocycles. The van der Waals surface area contributed by atoms with Crippen LogP contribution in [0.2, 0.25) is 0 Å². The van der Waals surface area contributed by atoms with Gasteiger partial charge in [-0.25, -0.2) is 4.98 Å². The summed E-state index contributed by atoms with van der Waals surface area (Å²) in [6.07, 6.45) is 9.69. The van der Waals surface area contributed by atoms with Crippen molar-refractivity contribution in [3.05, 3.63) is 30.1 Å². The summed E-state index contributed by atoms with van der Waals surface area (Å²) in [7, 11) is 0. The van der Waals surface area contributed by atoms with Crippen molar-refractivity contribution in [2.45, 2.75) is 50.5 Å². The highest BCUT2D eigenvalue weighted by atomic mass is 15.3. The molecule has 0 radical (unpaired) electrons. The number of rotatable bonds is 5. The van der Waals surface area contributed by atoms with Crippen LogP contribution in [0, 0.1) is 5.92 Å². The number of nitrogens with two attached hydrogens (primary N) is 1. The van der Waals surface area contributed by atoms with Crippen molar-refractivity contribution in [2.24, 2.45) is 11.7 Å². The zero-order valence-electron chi connectivity index (χ0n) is 14.8. The maximum Gasteiger partial charge on any atom is 0.129 e. The normalized spacial score (nSPS) is 26.0. The van der Waals surface area contributed by atoms with Gasteiger partial charge in [0.15, 0.2) is 0 Å². The van der Waals surface area contributed by atoms with E-state index >= 15 is 0 Å². The largest absolute Gasteiger partial charge is 0.357 e. The van der Waals surface area contributed by atoms with E-state index in [0.717, 1.165) is 31.1 Å². The quantitative estimate of drug-likeness (QED) is 0.909. The van der Waals surface area contributed by atoms with E-state index in [1.807, 2.05) is 0 Å². The van der Waals surface area contributed by atoms with Gasteiger partial charge in [0.2, 0.25) is 0 Å². The molecule has 3 fully saturated rings. The molecule has 0 amide bonds. The summed E-state index contributed by atoms with van der Waals surface area (Å²) in [6.45, 7) is 3.07. The minimum absolute atomic E-state index is 0.529. The standard InChI is InChI=1S/C20H27N5/c21-12-14-10-16(11-14)25-13-17(20(23-25)15-6-7-15)18-4-3-5-19(22-18)24-8-1-2-9-24/h3-5,13-16H,1-2,6-12,21H2. The second kappa shape index (κ2) is 6.13. The Balaban J connectivity index is 1.46. The second-order valence-corrected chi connectivity index (χ2v) is 7.98. The first-order chi connectivity index (χ1) is 12.3. The fraction of sp³-hybridized carbons (Fsp3) is 0.600. The molecule has 0 bridgehead atoms. The van der Waals surface area contributed by atoms with Crippen molar-refractivity contribution in [1.29, 1.82) is 0 Å². The summed E-state index contributed by atoms with van der Waals surface area (Å²) in [6, 6.07) is 6.98. The molecule has 0 spiro atoms. The zero-order valence-corrected chi connectivity index (χ0v) is 14.8. The molecule has 2 N–H and O–H groups in total. The lowest BCUT2D eigenvalue weighted by atomic mass is 9.80. The Hall–Kier alpha value is -1.88. The van der Waals surface area contributed by atoms with Gasteiger partial charge in [-0.3, -0.25) is 4.68 Å². The fourth-order valence-corrected chi connectivity index (χ4v) is 4.25. The molecule has 5 rings (SSSR count). The Morgan fingerprint density at radius 2 is 1.92 bits per heavy atom. The monoisotopic (exact) mass is 337 g/mol. The summed E-state index contributed by atoms with van der Waals surface area (Å²) in [5.41, 5.74) is 9.40. The van der Waals surface area contributed by atoms with Gasteiger partial charge >= 0.3 is 0 Å². The molecular formula is C20H27N5. The van der Waals surface area contributed by atoms with Crippen LogP contribution in [0.5, 0.6) is 0 Å². The van der Waals surface area contributed by atoms with Crippen molar-refractivity contribution in [3.63, 3.8) is 0 Å². The molecule has 132 valence electrons. The van der Waals surface area contributed by atoms with Gasteiger partial charge in [-0.2, -0.15) is 5.10 Å². The number of nitrogens with zero attached hydrogens (tertiary/aromatic N) is 4. The average molecular weight is 337 g/mol. The van der Waals surface area contributed by atoms with Gasteiger partial charge in [-0.05, 0) is 63.1 Å². The highest BCUT2D eigenvalue weighted by molar-refractivity contribution is 5.65. The minimum Gasteiger partial charge on any atom is -0.357 e. The number of hydrogen-bond donors (Lipinski definition) is 1. The Kier molecular flexibility index (Phi) is 3.77. The number of aromatic nitrogens is 3. The van der Waals surface area contributed by atoms with Gasteiger partial charge in [0.1, 0.15) is 5.82 Å². The number of pyridine rings is 1. The Morgan fingerprint density at radius 1 is 1.12 bits per heavy atom. The molecule has 3 heterocycles. The molecule has 1 saturated heterocycles. The Morgan fingerprint density at radius 3 is 2.64 bits per heavy atom. The molecule has 2 aromatic rings. The molecule has 3 aliphatic rings. The lowest BCUT2D eigenvalue weighted by Gasteiger charge is -2.34. The van der Waals surface area contributed by atoms with E-state index in [9.17, 15) is 0 Å². The molecule has 0 aromatic carbocycles. The minimum atomic E-state index is 0.529. The maximum absolute atomic E-state index is 5.79. The highest BCUT2D eigenvalue weighted by Gasteiger charge is 2.34. The first-order valence-corrected chi connectivity index (χ1v) is 9.83. The molecule has 25 heavy (non-hydrogen) atoms. The highest BCUT2D eigenvalue weighted by Crippen LogP contribution is 2.45. The van der Waals surface area contributed by atoms with Crippen LogP contribution < -0.4 is 10.6 Å².